The second-order valence-corrected chi connectivity index (χ2v) is 3.66. The molecular weight excluding hydrogens is 204 g/mol. The Morgan fingerprint density at radius 1 is 1.50 bits per heavy atom. The molecule has 16 heavy (non-hydrogen) atoms. The standard InChI is InChI=1S/C12H14N2O2/c1-3-13-12(16)10-7-8-9(14(10)2)5-4-6-11(8)15/h4-7,15H,3H2,1-2H3,(H,13,16). The molecule has 1 heterocycles. The summed E-state index contributed by atoms with van der Waals surface area (Å²) in [4.78, 5) is 11.7. The Balaban J connectivity index is 2.60. The third kappa shape index (κ3) is 1.52. The molecule has 0 bridgehead atoms. The van der Waals surface area contributed by atoms with Gasteiger partial charge in [0.25, 0.3) is 5.91 Å². The number of rotatable bonds is 2. The second kappa shape index (κ2) is 3.89. The van der Waals surface area contributed by atoms with Gasteiger partial charge in [0.2, 0.25) is 0 Å². The van der Waals surface area contributed by atoms with E-state index in [0.29, 0.717) is 17.6 Å². The van der Waals surface area contributed by atoms with Gasteiger partial charge < -0.3 is 15.0 Å². The van der Waals surface area contributed by atoms with Crippen LogP contribution in [0.2, 0.25) is 0 Å². The molecule has 0 aliphatic carbocycles. The molecule has 0 fully saturated rings. The Hall–Kier alpha value is -1.97. The molecule has 0 saturated heterocycles. The van der Waals surface area contributed by atoms with Gasteiger partial charge >= 0.3 is 0 Å². The molecule has 2 rings (SSSR count). The predicted molar refractivity (Wildman–Crippen MR) is 62.6 cm³/mol. The smallest absolute Gasteiger partial charge is 0.267 e. The maximum atomic E-state index is 11.7. The van der Waals surface area contributed by atoms with Crippen molar-refractivity contribution in [3.05, 3.63) is 30.0 Å². The molecule has 0 spiro atoms. The van der Waals surface area contributed by atoms with E-state index in [1.165, 1.54) is 0 Å². The molecule has 0 aliphatic heterocycles. The number of aryl methyl sites for hydroxylation is 1. The Bertz CT molecular complexity index is 543. The molecule has 1 aromatic heterocycles. The highest BCUT2D eigenvalue weighted by Gasteiger charge is 2.13. The van der Waals surface area contributed by atoms with Crippen molar-refractivity contribution in [1.82, 2.24) is 9.88 Å². The number of amides is 1. The number of phenols is 1. The Morgan fingerprint density at radius 2 is 2.25 bits per heavy atom. The summed E-state index contributed by atoms with van der Waals surface area (Å²) in [6.45, 7) is 2.46. The fourth-order valence-corrected chi connectivity index (χ4v) is 1.81. The summed E-state index contributed by atoms with van der Waals surface area (Å²) in [5.74, 6) is 0.0734. The minimum absolute atomic E-state index is 0.124. The van der Waals surface area contributed by atoms with Gasteiger partial charge in [0, 0.05) is 19.0 Å². The van der Waals surface area contributed by atoms with Gasteiger partial charge in [0.15, 0.2) is 0 Å². The number of nitrogens with zero attached hydrogens (tertiary/aromatic N) is 1. The number of benzene rings is 1. The first-order valence-corrected chi connectivity index (χ1v) is 5.20. The third-order valence-corrected chi connectivity index (χ3v) is 2.63. The lowest BCUT2D eigenvalue weighted by Gasteiger charge is -2.03. The Labute approximate surface area is 93.5 Å². The Morgan fingerprint density at radius 3 is 2.88 bits per heavy atom. The first-order valence-electron chi connectivity index (χ1n) is 5.20. The number of fused-ring (bicyclic) bond motifs is 1. The van der Waals surface area contributed by atoms with Crippen molar-refractivity contribution >= 4 is 16.8 Å². The summed E-state index contributed by atoms with van der Waals surface area (Å²) in [5.41, 5.74) is 1.40. The van der Waals surface area contributed by atoms with Crippen molar-refractivity contribution in [2.75, 3.05) is 6.54 Å². The van der Waals surface area contributed by atoms with Crippen LogP contribution in [0, 0.1) is 0 Å². The molecule has 4 nitrogen and oxygen atoms in total. The highest BCUT2D eigenvalue weighted by molar-refractivity contribution is 6.00. The highest BCUT2D eigenvalue weighted by Crippen LogP contribution is 2.26. The van der Waals surface area contributed by atoms with Crippen molar-refractivity contribution < 1.29 is 9.90 Å². The zero-order chi connectivity index (χ0) is 11.7. The normalized spacial score (nSPS) is 10.6. The van der Waals surface area contributed by atoms with E-state index in [2.05, 4.69) is 5.32 Å². The van der Waals surface area contributed by atoms with Crippen molar-refractivity contribution in [3.8, 4) is 5.75 Å². The molecule has 84 valence electrons. The zero-order valence-electron chi connectivity index (χ0n) is 9.32. The monoisotopic (exact) mass is 218 g/mol. The van der Waals surface area contributed by atoms with Crippen LogP contribution in [0.25, 0.3) is 10.9 Å². The van der Waals surface area contributed by atoms with Crippen LogP contribution in [0.15, 0.2) is 24.3 Å². The first kappa shape index (κ1) is 10.5. The van der Waals surface area contributed by atoms with Crippen LogP contribution in [-0.4, -0.2) is 22.1 Å². The van der Waals surface area contributed by atoms with E-state index in [4.69, 9.17) is 0 Å². The molecule has 1 aromatic carbocycles. The van der Waals surface area contributed by atoms with E-state index in [9.17, 15) is 9.90 Å². The average molecular weight is 218 g/mol. The van der Waals surface area contributed by atoms with E-state index < -0.39 is 0 Å². The summed E-state index contributed by atoms with van der Waals surface area (Å²) in [5, 5.41) is 13.1. The van der Waals surface area contributed by atoms with Crippen molar-refractivity contribution in [2.24, 2.45) is 7.05 Å². The quantitative estimate of drug-likeness (QED) is 0.805. The highest BCUT2D eigenvalue weighted by atomic mass is 16.3. The summed E-state index contributed by atoms with van der Waals surface area (Å²) >= 11 is 0. The predicted octanol–water partition coefficient (Wildman–Crippen LogP) is 1.63. The summed E-state index contributed by atoms with van der Waals surface area (Å²) < 4.78 is 1.78. The maximum absolute atomic E-state index is 11.7. The molecule has 0 saturated carbocycles. The van der Waals surface area contributed by atoms with Gasteiger partial charge in [-0.05, 0) is 25.1 Å². The number of aromatic nitrogens is 1. The summed E-state index contributed by atoms with van der Waals surface area (Å²) in [7, 11) is 1.81. The van der Waals surface area contributed by atoms with Gasteiger partial charge in [0.1, 0.15) is 11.4 Å². The largest absolute Gasteiger partial charge is 0.507 e. The van der Waals surface area contributed by atoms with Crippen LogP contribution in [-0.2, 0) is 7.05 Å². The van der Waals surface area contributed by atoms with Gasteiger partial charge in [0.05, 0.1) is 5.52 Å². The number of phenolic OH excluding ortho intramolecular Hbond substituents is 1. The van der Waals surface area contributed by atoms with E-state index in [1.54, 1.807) is 22.8 Å². The molecule has 0 aliphatic rings. The number of carbonyl (C=O) groups excluding carboxylic acids is 1. The van der Waals surface area contributed by atoms with Gasteiger partial charge in [-0.25, -0.2) is 0 Å². The fraction of sp³-hybridized carbons (Fsp3) is 0.250. The van der Waals surface area contributed by atoms with Crippen LogP contribution in [0.3, 0.4) is 0 Å². The van der Waals surface area contributed by atoms with E-state index in [0.717, 1.165) is 5.52 Å². The zero-order valence-corrected chi connectivity index (χ0v) is 9.32. The Kier molecular flexibility index (Phi) is 2.56. The molecule has 2 N–H and O–H groups in total. The van der Waals surface area contributed by atoms with Crippen molar-refractivity contribution in [2.45, 2.75) is 6.92 Å². The van der Waals surface area contributed by atoms with Gasteiger partial charge in [-0.2, -0.15) is 0 Å². The lowest BCUT2D eigenvalue weighted by Crippen LogP contribution is -2.24. The molecule has 2 aromatic rings. The van der Waals surface area contributed by atoms with Crippen LogP contribution in [0.5, 0.6) is 5.75 Å². The van der Waals surface area contributed by atoms with Gasteiger partial charge in [-0.1, -0.05) is 6.07 Å². The van der Waals surface area contributed by atoms with Gasteiger partial charge in [-0.3, -0.25) is 4.79 Å². The minimum Gasteiger partial charge on any atom is -0.507 e. The number of nitrogens with one attached hydrogen (secondary N) is 1. The molecule has 0 radical (unpaired) electrons. The number of hydrogen-bond donors (Lipinski definition) is 2. The van der Waals surface area contributed by atoms with E-state index in [1.807, 2.05) is 20.0 Å². The lowest BCUT2D eigenvalue weighted by molar-refractivity contribution is 0.0948. The van der Waals surface area contributed by atoms with Crippen molar-refractivity contribution in [3.63, 3.8) is 0 Å². The topological polar surface area (TPSA) is 54.3 Å². The molecule has 0 atom stereocenters. The molecule has 0 unspecified atom stereocenters. The number of hydrogen-bond acceptors (Lipinski definition) is 2. The SMILES string of the molecule is CCNC(=O)c1cc2c(O)cccc2n1C. The third-order valence-electron chi connectivity index (χ3n) is 2.63. The summed E-state index contributed by atoms with van der Waals surface area (Å²) in [6, 6.07) is 6.95. The second-order valence-electron chi connectivity index (χ2n) is 3.66. The molecule has 4 heteroatoms. The molecular formula is C12H14N2O2. The van der Waals surface area contributed by atoms with Crippen LogP contribution >= 0.6 is 0 Å². The minimum atomic E-state index is -0.124. The first-order chi connectivity index (χ1) is 7.65. The maximum Gasteiger partial charge on any atom is 0.267 e. The van der Waals surface area contributed by atoms with Crippen LogP contribution in [0.4, 0.5) is 0 Å². The van der Waals surface area contributed by atoms with E-state index in [-0.39, 0.29) is 11.7 Å². The molecule has 1 amide bonds. The van der Waals surface area contributed by atoms with Crippen molar-refractivity contribution in [1.29, 1.82) is 0 Å². The van der Waals surface area contributed by atoms with E-state index >= 15 is 0 Å². The van der Waals surface area contributed by atoms with Crippen LogP contribution < -0.4 is 5.32 Å². The average Bonchev–Trinajstić information content (AvgIpc) is 2.59. The summed E-state index contributed by atoms with van der Waals surface area (Å²) in [6.07, 6.45) is 0. The lowest BCUT2D eigenvalue weighted by atomic mass is 10.2. The number of carbonyl (C=O) groups is 1. The van der Waals surface area contributed by atoms with Gasteiger partial charge in [-0.15, -0.1) is 0 Å². The fourth-order valence-electron chi connectivity index (χ4n) is 1.81. The van der Waals surface area contributed by atoms with Crippen LogP contribution in [0.1, 0.15) is 17.4 Å². The number of aromatic hydroxyl groups is 1.